The first-order valence-corrected chi connectivity index (χ1v) is 7.96. The van der Waals surface area contributed by atoms with E-state index in [1.54, 1.807) is 0 Å². The van der Waals surface area contributed by atoms with E-state index in [1.807, 2.05) is 0 Å². The Morgan fingerprint density at radius 2 is 1.70 bits per heavy atom. The molecule has 1 N–H and O–H groups in total. The molecule has 0 heterocycles. The van der Waals surface area contributed by atoms with Gasteiger partial charge in [0.1, 0.15) is 0 Å². The van der Waals surface area contributed by atoms with Crippen LogP contribution in [-0.2, 0) is 4.74 Å². The number of ether oxygens (including phenoxy) is 1. The molecule has 20 heavy (non-hydrogen) atoms. The summed E-state index contributed by atoms with van der Waals surface area (Å²) >= 11 is 0. The van der Waals surface area contributed by atoms with E-state index in [4.69, 9.17) is 4.74 Å². The zero-order valence-corrected chi connectivity index (χ0v) is 13.7. The monoisotopic (exact) mass is 277 g/mol. The zero-order chi connectivity index (χ0) is 15.0. The maximum atomic E-state index is 6.22. The van der Waals surface area contributed by atoms with Crippen molar-refractivity contribution in [1.29, 1.82) is 0 Å². The highest BCUT2D eigenvalue weighted by molar-refractivity contribution is 5.20. The van der Waals surface area contributed by atoms with Crippen LogP contribution in [0, 0.1) is 11.8 Å². The first kappa shape index (κ1) is 17.2. The van der Waals surface area contributed by atoms with Crippen LogP contribution in [0.4, 0.5) is 0 Å². The van der Waals surface area contributed by atoms with Crippen LogP contribution in [0.1, 0.15) is 52.6 Å². The number of nitrogens with one attached hydrogen (secondary N) is 1. The molecule has 0 fully saturated rings. The summed E-state index contributed by atoms with van der Waals surface area (Å²) in [6, 6.07) is 10.9. The summed E-state index contributed by atoms with van der Waals surface area (Å²) in [7, 11) is 0. The van der Waals surface area contributed by atoms with Crippen molar-refractivity contribution >= 4 is 0 Å². The lowest BCUT2D eigenvalue weighted by Crippen LogP contribution is -2.38. The normalized spacial score (nSPS) is 14.8. The second-order valence-corrected chi connectivity index (χ2v) is 6.28. The summed E-state index contributed by atoms with van der Waals surface area (Å²) in [5.41, 5.74) is 1.32. The minimum atomic E-state index is 0.214. The molecule has 2 nitrogen and oxygen atoms in total. The lowest BCUT2D eigenvalue weighted by atomic mass is 9.93. The Kier molecular flexibility index (Phi) is 7.86. The molecule has 0 aliphatic heterocycles. The minimum Gasteiger partial charge on any atom is -0.376 e. The molecule has 2 heteroatoms. The predicted molar refractivity (Wildman–Crippen MR) is 86.9 cm³/mol. The highest BCUT2D eigenvalue weighted by Crippen LogP contribution is 2.25. The lowest BCUT2D eigenvalue weighted by molar-refractivity contribution is -0.0167. The Labute approximate surface area is 124 Å². The van der Waals surface area contributed by atoms with Crippen LogP contribution >= 0.6 is 0 Å². The van der Waals surface area contributed by atoms with Gasteiger partial charge < -0.3 is 10.1 Å². The third-order valence-electron chi connectivity index (χ3n) is 3.38. The van der Waals surface area contributed by atoms with E-state index in [1.165, 1.54) is 5.56 Å². The molecule has 1 aromatic rings. The van der Waals surface area contributed by atoms with E-state index in [2.05, 4.69) is 70.3 Å². The van der Waals surface area contributed by atoms with Gasteiger partial charge in [0.25, 0.3) is 0 Å². The molecule has 0 bridgehead atoms. The molecule has 0 saturated carbocycles. The van der Waals surface area contributed by atoms with Gasteiger partial charge in [-0.15, -0.1) is 0 Å². The molecule has 0 spiro atoms. The van der Waals surface area contributed by atoms with Crippen molar-refractivity contribution < 1.29 is 4.74 Å². The fourth-order valence-corrected chi connectivity index (χ4v) is 2.36. The average molecular weight is 277 g/mol. The predicted octanol–water partition coefficient (Wildman–Crippen LogP) is 4.42. The Morgan fingerprint density at radius 3 is 2.20 bits per heavy atom. The van der Waals surface area contributed by atoms with Gasteiger partial charge in [0.05, 0.1) is 12.1 Å². The highest BCUT2D eigenvalue weighted by Gasteiger charge is 2.26. The van der Waals surface area contributed by atoms with Gasteiger partial charge in [0, 0.05) is 6.61 Å². The first-order chi connectivity index (χ1) is 9.56. The van der Waals surface area contributed by atoms with Crippen LogP contribution in [0.25, 0.3) is 0 Å². The van der Waals surface area contributed by atoms with Gasteiger partial charge >= 0.3 is 0 Å². The quantitative estimate of drug-likeness (QED) is 0.721. The number of benzene rings is 1. The number of hydrogen-bond donors (Lipinski definition) is 1. The third-order valence-corrected chi connectivity index (χ3v) is 3.38. The summed E-state index contributed by atoms with van der Waals surface area (Å²) in [5.74, 6) is 1.06. The summed E-state index contributed by atoms with van der Waals surface area (Å²) < 4.78 is 6.22. The van der Waals surface area contributed by atoms with E-state index < -0.39 is 0 Å². The minimum absolute atomic E-state index is 0.214. The largest absolute Gasteiger partial charge is 0.376 e. The standard InChI is InChI=1S/C18H31NO/c1-6-12-19-17(16-10-8-7-9-11-16)18(15(4)5)20-13-14(2)3/h7-11,14-15,17-19H,6,12-13H2,1-5H3. The molecule has 114 valence electrons. The van der Waals surface area contributed by atoms with Gasteiger partial charge in [-0.1, -0.05) is 65.0 Å². The van der Waals surface area contributed by atoms with Gasteiger partial charge in [-0.25, -0.2) is 0 Å². The molecule has 2 unspecified atom stereocenters. The van der Waals surface area contributed by atoms with Crippen LogP contribution in [-0.4, -0.2) is 19.3 Å². The smallest absolute Gasteiger partial charge is 0.0792 e. The van der Waals surface area contributed by atoms with Gasteiger partial charge in [0.15, 0.2) is 0 Å². The van der Waals surface area contributed by atoms with E-state index in [9.17, 15) is 0 Å². The van der Waals surface area contributed by atoms with E-state index in [0.717, 1.165) is 19.6 Å². The summed E-state index contributed by atoms with van der Waals surface area (Å²) in [4.78, 5) is 0. The second kappa shape index (κ2) is 9.15. The first-order valence-electron chi connectivity index (χ1n) is 7.96. The molecule has 2 atom stereocenters. The van der Waals surface area contributed by atoms with Crippen molar-refractivity contribution in [2.45, 2.75) is 53.2 Å². The fraction of sp³-hybridized carbons (Fsp3) is 0.667. The van der Waals surface area contributed by atoms with Crippen molar-refractivity contribution in [2.24, 2.45) is 11.8 Å². The Morgan fingerprint density at radius 1 is 1.05 bits per heavy atom. The molecule has 0 aliphatic carbocycles. The second-order valence-electron chi connectivity index (χ2n) is 6.28. The Hall–Kier alpha value is -0.860. The van der Waals surface area contributed by atoms with Crippen LogP contribution in [0.2, 0.25) is 0 Å². The van der Waals surface area contributed by atoms with E-state index in [0.29, 0.717) is 11.8 Å². The summed E-state index contributed by atoms with van der Waals surface area (Å²) in [5, 5.41) is 3.67. The Balaban J connectivity index is 2.86. The van der Waals surface area contributed by atoms with E-state index in [-0.39, 0.29) is 12.1 Å². The van der Waals surface area contributed by atoms with Gasteiger partial charge in [-0.3, -0.25) is 0 Å². The van der Waals surface area contributed by atoms with Crippen LogP contribution in [0.15, 0.2) is 30.3 Å². The topological polar surface area (TPSA) is 21.3 Å². The molecule has 1 aromatic carbocycles. The summed E-state index contributed by atoms with van der Waals surface area (Å²) in [6.07, 6.45) is 1.35. The maximum absolute atomic E-state index is 6.22. The fourth-order valence-electron chi connectivity index (χ4n) is 2.36. The number of rotatable bonds is 9. The van der Waals surface area contributed by atoms with Crippen LogP contribution in [0.3, 0.4) is 0 Å². The van der Waals surface area contributed by atoms with Gasteiger partial charge in [0.2, 0.25) is 0 Å². The molecular weight excluding hydrogens is 246 g/mol. The van der Waals surface area contributed by atoms with Crippen molar-refractivity contribution in [3.8, 4) is 0 Å². The molecule has 0 aliphatic rings. The zero-order valence-electron chi connectivity index (χ0n) is 13.7. The van der Waals surface area contributed by atoms with Gasteiger partial charge in [-0.05, 0) is 30.4 Å². The van der Waals surface area contributed by atoms with Crippen LogP contribution < -0.4 is 5.32 Å². The highest BCUT2D eigenvalue weighted by atomic mass is 16.5. The lowest BCUT2D eigenvalue weighted by Gasteiger charge is -2.32. The van der Waals surface area contributed by atoms with Crippen molar-refractivity contribution in [2.75, 3.05) is 13.2 Å². The van der Waals surface area contributed by atoms with Crippen molar-refractivity contribution in [1.82, 2.24) is 5.32 Å². The van der Waals surface area contributed by atoms with Gasteiger partial charge in [-0.2, -0.15) is 0 Å². The average Bonchev–Trinajstić information content (AvgIpc) is 2.42. The molecule has 0 aromatic heterocycles. The molecule has 0 radical (unpaired) electrons. The SMILES string of the molecule is CCCNC(c1ccccc1)C(OCC(C)C)C(C)C. The Bertz CT molecular complexity index is 348. The third kappa shape index (κ3) is 5.64. The summed E-state index contributed by atoms with van der Waals surface area (Å²) in [6.45, 7) is 12.9. The molecular formula is C18H31NO. The molecule has 0 amide bonds. The van der Waals surface area contributed by atoms with Crippen LogP contribution in [0.5, 0.6) is 0 Å². The maximum Gasteiger partial charge on any atom is 0.0792 e. The number of hydrogen-bond acceptors (Lipinski definition) is 2. The van der Waals surface area contributed by atoms with E-state index >= 15 is 0 Å². The van der Waals surface area contributed by atoms with Crippen molar-refractivity contribution in [3.63, 3.8) is 0 Å². The molecule has 0 saturated heterocycles. The van der Waals surface area contributed by atoms with Crippen molar-refractivity contribution in [3.05, 3.63) is 35.9 Å². The molecule has 1 rings (SSSR count).